The van der Waals surface area contributed by atoms with Gasteiger partial charge in [0, 0.05) is 19.6 Å². The minimum atomic E-state index is -0.0895. The number of hydrogen-bond donors (Lipinski definition) is 2. The summed E-state index contributed by atoms with van der Waals surface area (Å²) in [5.74, 6) is 0.429. The highest BCUT2D eigenvalue weighted by Crippen LogP contribution is 2.20. The Morgan fingerprint density at radius 3 is 2.75 bits per heavy atom. The number of rotatable bonds is 5. The number of amides is 1. The number of nitrogens with one attached hydrogen (secondary N) is 1. The zero-order valence-corrected chi connectivity index (χ0v) is 12.4. The molecule has 1 aromatic rings. The largest absolute Gasteiger partial charge is 0.354 e. The molecule has 110 valence electrons. The van der Waals surface area contributed by atoms with Gasteiger partial charge in [0.05, 0.1) is 6.04 Å². The van der Waals surface area contributed by atoms with Crippen LogP contribution in [0.3, 0.4) is 0 Å². The molecule has 1 aliphatic heterocycles. The first-order chi connectivity index (χ1) is 9.61. The summed E-state index contributed by atoms with van der Waals surface area (Å²) in [4.78, 5) is 14.4. The van der Waals surface area contributed by atoms with Crippen molar-refractivity contribution in [3.8, 4) is 0 Å². The van der Waals surface area contributed by atoms with E-state index in [1.165, 1.54) is 11.1 Å². The predicted molar refractivity (Wildman–Crippen MR) is 81.2 cm³/mol. The van der Waals surface area contributed by atoms with Crippen LogP contribution in [-0.2, 0) is 17.8 Å². The Labute approximate surface area is 121 Å². The summed E-state index contributed by atoms with van der Waals surface area (Å²) < 4.78 is 0. The van der Waals surface area contributed by atoms with E-state index >= 15 is 0 Å². The molecule has 0 bridgehead atoms. The van der Waals surface area contributed by atoms with E-state index in [-0.39, 0.29) is 11.9 Å². The highest BCUT2D eigenvalue weighted by molar-refractivity contribution is 5.81. The van der Waals surface area contributed by atoms with Crippen LogP contribution in [0.4, 0.5) is 0 Å². The maximum absolute atomic E-state index is 12.2. The van der Waals surface area contributed by atoms with E-state index in [1.54, 1.807) is 0 Å². The minimum absolute atomic E-state index is 0.0895. The van der Waals surface area contributed by atoms with Crippen LogP contribution in [0.5, 0.6) is 0 Å². The van der Waals surface area contributed by atoms with E-state index in [1.807, 2.05) is 13.8 Å². The number of carbonyl (C=O) groups excluding carboxylic acids is 1. The number of fused-ring (bicyclic) bond motifs is 1. The van der Waals surface area contributed by atoms with Gasteiger partial charge in [-0.05, 0) is 36.9 Å². The van der Waals surface area contributed by atoms with Gasteiger partial charge in [0.15, 0.2) is 0 Å². The van der Waals surface area contributed by atoms with Gasteiger partial charge in [-0.2, -0.15) is 0 Å². The van der Waals surface area contributed by atoms with E-state index in [0.29, 0.717) is 19.0 Å². The lowest BCUT2D eigenvalue weighted by molar-refractivity contribution is -0.126. The first-order valence-electron chi connectivity index (χ1n) is 7.40. The Morgan fingerprint density at radius 2 is 2.05 bits per heavy atom. The average Bonchev–Trinajstić information content (AvgIpc) is 2.50. The second-order valence-corrected chi connectivity index (χ2v) is 5.75. The molecule has 0 aliphatic carbocycles. The molecule has 4 heteroatoms. The Kier molecular flexibility index (Phi) is 5.15. The predicted octanol–water partition coefficient (Wildman–Crippen LogP) is 1.14. The summed E-state index contributed by atoms with van der Waals surface area (Å²) in [6, 6.07) is 8.39. The smallest absolute Gasteiger partial charge is 0.237 e. The van der Waals surface area contributed by atoms with Crippen LogP contribution in [0.1, 0.15) is 25.0 Å². The zero-order chi connectivity index (χ0) is 14.5. The minimum Gasteiger partial charge on any atom is -0.354 e. The molecule has 0 saturated heterocycles. The van der Waals surface area contributed by atoms with E-state index in [2.05, 4.69) is 34.5 Å². The third kappa shape index (κ3) is 3.58. The van der Waals surface area contributed by atoms with Crippen LogP contribution in [0, 0.1) is 5.92 Å². The molecule has 4 nitrogen and oxygen atoms in total. The lowest BCUT2D eigenvalue weighted by atomic mass is 9.98. The Morgan fingerprint density at radius 1 is 1.35 bits per heavy atom. The lowest BCUT2D eigenvalue weighted by Crippen LogP contribution is -2.48. The number of carbonyl (C=O) groups is 1. The molecule has 20 heavy (non-hydrogen) atoms. The summed E-state index contributed by atoms with van der Waals surface area (Å²) in [6.45, 7) is 7.09. The third-order valence-corrected chi connectivity index (χ3v) is 4.11. The van der Waals surface area contributed by atoms with Crippen LogP contribution in [0.25, 0.3) is 0 Å². The highest BCUT2D eigenvalue weighted by Gasteiger charge is 2.25. The first-order valence-corrected chi connectivity index (χ1v) is 7.40. The fourth-order valence-corrected chi connectivity index (χ4v) is 2.52. The molecule has 0 saturated carbocycles. The summed E-state index contributed by atoms with van der Waals surface area (Å²) in [7, 11) is 0. The molecule has 2 atom stereocenters. The van der Waals surface area contributed by atoms with Gasteiger partial charge in [0.2, 0.25) is 5.91 Å². The van der Waals surface area contributed by atoms with Gasteiger partial charge in [-0.3, -0.25) is 9.69 Å². The number of nitrogens with zero attached hydrogens (tertiary/aromatic N) is 1. The van der Waals surface area contributed by atoms with Crippen molar-refractivity contribution in [2.24, 2.45) is 11.7 Å². The molecule has 0 spiro atoms. The average molecular weight is 275 g/mol. The van der Waals surface area contributed by atoms with E-state index in [9.17, 15) is 4.79 Å². The molecule has 1 aliphatic rings. The van der Waals surface area contributed by atoms with E-state index < -0.39 is 0 Å². The zero-order valence-electron chi connectivity index (χ0n) is 12.4. The van der Waals surface area contributed by atoms with Crippen molar-refractivity contribution in [3.63, 3.8) is 0 Å². The van der Waals surface area contributed by atoms with Gasteiger partial charge in [0.25, 0.3) is 0 Å². The molecule has 2 rings (SSSR count). The standard InChI is InChI=1S/C16H25N3O/c1-12(9-17)10-18-16(20)13(2)19-8-7-14-5-3-4-6-15(14)11-19/h3-6,12-13H,7-11,17H2,1-2H3,(H,18,20). The molecular weight excluding hydrogens is 250 g/mol. The summed E-state index contributed by atoms with van der Waals surface area (Å²) in [5.41, 5.74) is 8.32. The van der Waals surface area contributed by atoms with Crippen LogP contribution in [0.2, 0.25) is 0 Å². The summed E-state index contributed by atoms with van der Waals surface area (Å²) in [6.07, 6.45) is 1.02. The second-order valence-electron chi connectivity index (χ2n) is 5.75. The summed E-state index contributed by atoms with van der Waals surface area (Å²) >= 11 is 0. The van der Waals surface area contributed by atoms with Crippen LogP contribution >= 0.6 is 0 Å². The van der Waals surface area contributed by atoms with Crippen molar-refractivity contribution in [3.05, 3.63) is 35.4 Å². The van der Waals surface area contributed by atoms with Gasteiger partial charge < -0.3 is 11.1 Å². The van der Waals surface area contributed by atoms with Crippen molar-refractivity contribution in [1.29, 1.82) is 0 Å². The van der Waals surface area contributed by atoms with Crippen molar-refractivity contribution >= 4 is 5.91 Å². The van der Waals surface area contributed by atoms with Crippen molar-refractivity contribution < 1.29 is 4.79 Å². The van der Waals surface area contributed by atoms with Gasteiger partial charge in [-0.15, -0.1) is 0 Å². The maximum Gasteiger partial charge on any atom is 0.237 e. The molecule has 1 aromatic carbocycles. The molecule has 0 aromatic heterocycles. The number of hydrogen-bond acceptors (Lipinski definition) is 3. The van der Waals surface area contributed by atoms with Crippen LogP contribution in [-0.4, -0.2) is 36.5 Å². The molecule has 3 N–H and O–H groups in total. The van der Waals surface area contributed by atoms with Crippen molar-refractivity contribution in [1.82, 2.24) is 10.2 Å². The quantitative estimate of drug-likeness (QED) is 0.847. The van der Waals surface area contributed by atoms with Gasteiger partial charge in [-0.1, -0.05) is 31.2 Å². The van der Waals surface area contributed by atoms with E-state index in [4.69, 9.17) is 5.73 Å². The SMILES string of the molecule is CC(CN)CNC(=O)C(C)N1CCc2ccccc2C1. The Hall–Kier alpha value is -1.39. The van der Waals surface area contributed by atoms with E-state index in [0.717, 1.165) is 19.5 Å². The fourth-order valence-electron chi connectivity index (χ4n) is 2.52. The monoisotopic (exact) mass is 275 g/mol. The van der Waals surface area contributed by atoms with Gasteiger partial charge in [-0.25, -0.2) is 0 Å². The van der Waals surface area contributed by atoms with Crippen LogP contribution < -0.4 is 11.1 Å². The number of benzene rings is 1. The molecule has 1 heterocycles. The normalized spacial score (nSPS) is 18.1. The molecule has 0 fully saturated rings. The lowest BCUT2D eigenvalue weighted by Gasteiger charge is -2.33. The highest BCUT2D eigenvalue weighted by atomic mass is 16.2. The molecule has 0 radical (unpaired) electrons. The Bertz CT molecular complexity index is 461. The molecule has 2 unspecified atom stereocenters. The van der Waals surface area contributed by atoms with Gasteiger partial charge >= 0.3 is 0 Å². The van der Waals surface area contributed by atoms with Crippen molar-refractivity contribution in [2.75, 3.05) is 19.6 Å². The fraction of sp³-hybridized carbons (Fsp3) is 0.562. The van der Waals surface area contributed by atoms with Crippen molar-refractivity contribution in [2.45, 2.75) is 32.9 Å². The maximum atomic E-state index is 12.2. The number of nitrogens with two attached hydrogens (primary N) is 1. The Balaban J connectivity index is 1.90. The second kappa shape index (κ2) is 6.86. The third-order valence-electron chi connectivity index (χ3n) is 4.11. The van der Waals surface area contributed by atoms with Crippen LogP contribution in [0.15, 0.2) is 24.3 Å². The topological polar surface area (TPSA) is 58.4 Å². The summed E-state index contributed by atoms with van der Waals surface area (Å²) in [5, 5.41) is 2.99. The van der Waals surface area contributed by atoms with Gasteiger partial charge in [0.1, 0.15) is 0 Å². The molecule has 1 amide bonds. The first kappa shape index (κ1) is 15.0. The molecular formula is C16H25N3O.